The molecular weight excluding hydrogens is 186 g/mol. The second-order valence-corrected chi connectivity index (χ2v) is 2.74. The minimum Gasteiger partial charge on any atom is -0.324 e. The Bertz CT molecular complexity index is 318. The molecule has 1 rings (SSSR count). The van der Waals surface area contributed by atoms with Gasteiger partial charge in [0.05, 0.1) is 11.6 Å². The van der Waals surface area contributed by atoms with Crippen LogP contribution in [-0.2, 0) is 0 Å². The molecule has 0 aromatic heterocycles. The number of hydrogen-bond donors (Lipinski definition) is 2. The van der Waals surface area contributed by atoms with Crippen LogP contribution in [0.1, 0.15) is 16.7 Å². The lowest BCUT2D eigenvalue weighted by Crippen LogP contribution is -2.07. The number of benzene rings is 1. The minimum absolute atomic E-state index is 0. The predicted octanol–water partition coefficient (Wildman–Crippen LogP) is 1.88. The zero-order valence-electron chi connectivity index (χ0n) is 7.59. The molecule has 0 radical (unpaired) electrons. The first-order valence-corrected chi connectivity index (χ1v) is 3.67. The van der Waals surface area contributed by atoms with Crippen LogP contribution in [0, 0.1) is 25.2 Å². The van der Waals surface area contributed by atoms with Crippen LogP contribution in [0.3, 0.4) is 0 Å². The fraction of sp³-hybridized carbons (Fsp3) is 0.222. The Hall–Kier alpha value is -1.24. The Morgan fingerprint density at radius 2 is 1.77 bits per heavy atom. The van der Waals surface area contributed by atoms with Crippen LogP contribution >= 0.6 is 12.4 Å². The maximum absolute atomic E-state index is 8.76. The molecule has 0 unspecified atom stereocenters. The number of aryl methyl sites for hydroxylation is 2. The van der Waals surface area contributed by atoms with Crippen molar-refractivity contribution in [2.24, 2.45) is 5.84 Å². The number of nitrogens with zero attached hydrogens (tertiary/aromatic N) is 1. The Labute approximate surface area is 83.9 Å². The Balaban J connectivity index is 0.00000144. The number of halogens is 1. The van der Waals surface area contributed by atoms with Crippen LogP contribution in [-0.4, -0.2) is 0 Å². The lowest BCUT2D eigenvalue weighted by molar-refractivity contribution is 1.28. The van der Waals surface area contributed by atoms with Crippen molar-refractivity contribution < 1.29 is 0 Å². The monoisotopic (exact) mass is 197 g/mol. The molecule has 13 heavy (non-hydrogen) atoms. The van der Waals surface area contributed by atoms with Crippen LogP contribution in [0.15, 0.2) is 12.1 Å². The van der Waals surface area contributed by atoms with E-state index in [0.717, 1.165) is 22.4 Å². The van der Waals surface area contributed by atoms with E-state index in [1.807, 2.05) is 26.0 Å². The van der Waals surface area contributed by atoms with Crippen LogP contribution in [0.25, 0.3) is 0 Å². The van der Waals surface area contributed by atoms with Crippen molar-refractivity contribution in [2.45, 2.75) is 13.8 Å². The lowest BCUT2D eigenvalue weighted by atomic mass is 10.0. The second kappa shape index (κ2) is 4.70. The van der Waals surface area contributed by atoms with E-state index < -0.39 is 0 Å². The highest BCUT2D eigenvalue weighted by Gasteiger charge is 2.02. The maximum Gasteiger partial charge on any atom is 0.0997 e. The maximum atomic E-state index is 8.76. The smallest absolute Gasteiger partial charge is 0.0997 e. The van der Waals surface area contributed by atoms with Crippen LogP contribution in [0.5, 0.6) is 0 Å². The van der Waals surface area contributed by atoms with Crippen molar-refractivity contribution in [3.63, 3.8) is 0 Å². The molecule has 4 heteroatoms. The summed E-state index contributed by atoms with van der Waals surface area (Å²) in [5.74, 6) is 5.25. The molecule has 0 fully saturated rings. The Kier molecular flexibility index (Phi) is 4.26. The summed E-state index contributed by atoms with van der Waals surface area (Å²) < 4.78 is 0. The third-order valence-corrected chi connectivity index (χ3v) is 1.81. The molecule has 0 amide bonds. The van der Waals surface area contributed by atoms with Gasteiger partial charge in [-0.25, -0.2) is 0 Å². The summed E-state index contributed by atoms with van der Waals surface area (Å²) in [6, 6.07) is 5.85. The van der Waals surface area contributed by atoms with Gasteiger partial charge in [0.15, 0.2) is 0 Å². The van der Waals surface area contributed by atoms with Crippen LogP contribution in [0.4, 0.5) is 5.69 Å². The summed E-state index contributed by atoms with van der Waals surface area (Å²) in [7, 11) is 0. The van der Waals surface area contributed by atoms with Gasteiger partial charge in [-0.1, -0.05) is 0 Å². The molecule has 70 valence electrons. The van der Waals surface area contributed by atoms with Crippen molar-refractivity contribution in [1.82, 2.24) is 0 Å². The van der Waals surface area contributed by atoms with E-state index in [4.69, 9.17) is 11.1 Å². The highest BCUT2D eigenvalue weighted by molar-refractivity contribution is 5.85. The number of nitriles is 1. The highest BCUT2D eigenvalue weighted by atomic mass is 35.5. The average molecular weight is 198 g/mol. The van der Waals surface area contributed by atoms with Gasteiger partial charge in [0.1, 0.15) is 0 Å². The topological polar surface area (TPSA) is 61.8 Å². The molecule has 0 saturated carbocycles. The van der Waals surface area contributed by atoms with Gasteiger partial charge in [0, 0.05) is 5.69 Å². The van der Waals surface area contributed by atoms with E-state index in [-0.39, 0.29) is 12.4 Å². The van der Waals surface area contributed by atoms with Gasteiger partial charge in [0.2, 0.25) is 0 Å². The van der Waals surface area contributed by atoms with Crippen molar-refractivity contribution in [2.75, 3.05) is 5.43 Å². The largest absolute Gasteiger partial charge is 0.324 e. The fourth-order valence-electron chi connectivity index (χ4n) is 1.22. The van der Waals surface area contributed by atoms with Gasteiger partial charge in [0.25, 0.3) is 0 Å². The molecule has 1 aromatic rings. The quantitative estimate of drug-likeness (QED) is 0.534. The molecule has 0 saturated heterocycles. The van der Waals surface area contributed by atoms with E-state index in [9.17, 15) is 0 Å². The predicted molar refractivity (Wildman–Crippen MR) is 55.7 cm³/mol. The molecule has 0 heterocycles. The molecule has 0 bridgehead atoms. The number of hydrogen-bond acceptors (Lipinski definition) is 3. The number of nitrogens with two attached hydrogens (primary N) is 1. The van der Waals surface area contributed by atoms with E-state index in [2.05, 4.69) is 11.5 Å². The molecule has 0 atom stereocenters. The van der Waals surface area contributed by atoms with Crippen molar-refractivity contribution >= 4 is 18.1 Å². The normalized spacial score (nSPS) is 8.46. The van der Waals surface area contributed by atoms with Gasteiger partial charge in [-0.3, -0.25) is 5.84 Å². The zero-order chi connectivity index (χ0) is 9.14. The first-order chi connectivity index (χ1) is 5.69. The Morgan fingerprint density at radius 1 is 1.31 bits per heavy atom. The summed E-state index contributed by atoms with van der Waals surface area (Å²) in [5, 5.41) is 8.76. The summed E-state index contributed by atoms with van der Waals surface area (Å²) >= 11 is 0. The van der Waals surface area contributed by atoms with Crippen LogP contribution in [0.2, 0.25) is 0 Å². The van der Waals surface area contributed by atoms with Gasteiger partial charge in [-0.15, -0.1) is 12.4 Å². The number of nitrogens with one attached hydrogen (secondary N) is 1. The van der Waals surface area contributed by atoms with Crippen LogP contribution < -0.4 is 11.3 Å². The molecule has 0 spiro atoms. The van der Waals surface area contributed by atoms with E-state index >= 15 is 0 Å². The van der Waals surface area contributed by atoms with Crippen molar-refractivity contribution in [1.29, 1.82) is 5.26 Å². The second-order valence-electron chi connectivity index (χ2n) is 2.74. The van der Waals surface area contributed by atoms with E-state index in [0.29, 0.717) is 0 Å². The molecular formula is C9H12ClN3. The average Bonchev–Trinajstić information content (AvgIpc) is 2.03. The fourth-order valence-corrected chi connectivity index (χ4v) is 1.22. The molecule has 0 aliphatic rings. The standard InChI is InChI=1S/C9H11N3.ClH/c1-6-3-8(12-11)4-7(2)9(6)5-10;/h3-4,12H,11H2,1-2H3;1H. The highest BCUT2D eigenvalue weighted by Crippen LogP contribution is 2.18. The third-order valence-electron chi connectivity index (χ3n) is 1.81. The number of anilines is 1. The molecule has 3 nitrogen and oxygen atoms in total. The minimum atomic E-state index is 0. The SMILES string of the molecule is Cc1cc(NN)cc(C)c1C#N.Cl. The van der Waals surface area contributed by atoms with E-state index in [1.165, 1.54) is 0 Å². The first-order valence-electron chi connectivity index (χ1n) is 3.67. The van der Waals surface area contributed by atoms with Crippen molar-refractivity contribution in [3.05, 3.63) is 28.8 Å². The number of nitrogen functional groups attached to an aromatic ring is 1. The first kappa shape index (κ1) is 11.8. The van der Waals surface area contributed by atoms with Gasteiger partial charge < -0.3 is 5.43 Å². The number of rotatable bonds is 1. The molecule has 0 aliphatic carbocycles. The van der Waals surface area contributed by atoms with Gasteiger partial charge in [-0.2, -0.15) is 5.26 Å². The summed E-state index contributed by atoms with van der Waals surface area (Å²) in [6.45, 7) is 3.79. The Morgan fingerprint density at radius 3 is 2.08 bits per heavy atom. The van der Waals surface area contributed by atoms with Gasteiger partial charge in [-0.05, 0) is 37.1 Å². The molecule has 1 aromatic carbocycles. The van der Waals surface area contributed by atoms with E-state index in [1.54, 1.807) is 0 Å². The zero-order valence-corrected chi connectivity index (χ0v) is 8.40. The van der Waals surface area contributed by atoms with Gasteiger partial charge >= 0.3 is 0 Å². The third kappa shape index (κ3) is 2.35. The lowest BCUT2D eigenvalue weighted by Gasteiger charge is -2.05. The molecule has 3 N–H and O–H groups in total. The summed E-state index contributed by atoms with van der Waals surface area (Å²) in [6.07, 6.45) is 0. The molecule has 0 aliphatic heterocycles. The summed E-state index contributed by atoms with van der Waals surface area (Å²) in [5.41, 5.74) is 6.02. The van der Waals surface area contributed by atoms with Crippen molar-refractivity contribution in [3.8, 4) is 6.07 Å². The summed E-state index contributed by atoms with van der Waals surface area (Å²) in [4.78, 5) is 0. The number of hydrazine groups is 1.